The Morgan fingerprint density at radius 2 is 1.69 bits per heavy atom. The number of ketones is 1. The Hall–Kier alpha value is -4.43. The van der Waals surface area contributed by atoms with Crippen molar-refractivity contribution in [3.05, 3.63) is 112 Å². The first-order valence-electron chi connectivity index (χ1n) is 12.5. The molecule has 1 aliphatic rings. The summed E-state index contributed by atoms with van der Waals surface area (Å²) in [7, 11) is 5.46. The van der Waals surface area contributed by atoms with Crippen molar-refractivity contribution >= 4 is 28.7 Å². The zero-order valence-electron chi connectivity index (χ0n) is 22.2. The van der Waals surface area contributed by atoms with Crippen LogP contribution in [0, 0.1) is 6.92 Å². The zero-order chi connectivity index (χ0) is 27.7. The van der Waals surface area contributed by atoms with Crippen LogP contribution in [-0.2, 0) is 11.3 Å². The van der Waals surface area contributed by atoms with E-state index in [9.17, 15) is 14.7 Å². The second-order valence-electron chi connectivity index (χ2n) is 9.52. The Morgan fingerprint density at radius 3 is 2.36 bits per heavy atom. The van der Waals surface area contributed by atoms with E-state index in [-0.39, 0.29) is 12.1 Å². The maximum absolute atomic E-state index is 14.1. The first kappa shape index (κ1) is 26.2. The van der Waals surface area contributed by atoms with E-state index in [4.69, 9.17) is 4.74 Å². The second kappa shape index (κ2) is 10.7. The van der Waals surface area contributed by atoms with Gasteiger partial charge in [0.05, 0.1) is 35.8 Å². The minimum Gasteiger partial charge on any atom is -0.503 e. The molecule has 198 valence electrons. The molecule has 8 heteroatoms. The van der Waals surface area contributed by atoms with E-state index in [2.05, 4.69) is 4.98 Å². The number of aryl methyl sites for hydroxylation is 1. The number of hydrogen-bond donors (Lipinski definition) is 1. The number of benzene rings is 3. The van der Waals surface area contributed by atoms with E-state index >= 15 is 0 Å². The molecule has 1 N–H and O–H groups in total. The molecule has 4 aromatic rings. The van der Waals surface area contributed by atoms with Crippen molar-refractivity contribution < 1.29 is 19.4 Å². The summed E-state index contributed by atoms with van der Waals surface area (Å²) in [6.45, 7) is 1.93. The van der Waals surface area contributed by atoms with Crippen molar-refractivity contribution in [1.29, 1.82) is 0 Å². The molecule has 0 saturated carbocycles. The van der Waals surface area contributed by atoms with Gasteiger partial charge < -0.3 is 19.6 Å². The third-order valence-electron chi connectivity index (χ3n) is 6.83. The van der Waals surface area contributed by atoms with Gasteiger partial charge in [-0.1, -0.05) is 60.7 Å². The van der Waals surface area contributed by atoms with Crippen LogP contribution in [0.5, 0.6) is 5.75 Å². The molecule has 0 spiro atoms. The summed E-state index contributed by atoms with van der Waals surface area (Å²) in [5.74, 6) is -0.915. The summed E-state index contributed by atoms with van der Waals surface area (Å²) < 4.78 is 5.51. The Kier molecular flexibility index (Phi) is 7.21. The smallest absolute Gasteiger partial charge is 0.290 e. The number of nitrogens with zero attached hydrogens (tertiary/aromatic N) is 3. The van der Waals surface area contributed by atoms with Crippen molar-refractivity contribution in [2.24, 2.45) is 0 Å². The largest absolute Gasteiger partial charge is 0.503 e. The minimum absolute atomic E-state index is 0.0545. The van der Waals surface area contributed by atoms with Crippen molar-refractivity contribution in [3.8, 4) is 16.3 Å². The average Bonchev–Trinajstić information content (AvgIpc) is 3.46. The first-order valence-corrected chi connectivity index (χ1v) is 13.3. The molecule has 0 aliphatic carbocycles. The normalized spacial score (nSPS) is 15.1. The molecule has 2 heterocycles. The molecule has 1 aromatic heterocycles. The van der Waals surface area contributed by atoms with Gasteiger partial charge in [0, 0.05) is 30.9 Å². The third kappa shape index (κ3) is 4.91. The first-order chi connectivity index (χ1) is 18.8. The van der Waals surface area contributed by atoms with E-state index in [1.54, 1.807) is 14.0 Å². The monoisotopic (exact) mass is 539 g/mol. The number of anilines is 1. The number of aliphatic hydroxyl groups excluding tert-OH is 1. The van der Waals surface area contributed by atoms with Gasteiger partial charge in [-0.05, 0) is 30.7 Å². The number of aliphatic hydroxyl groups is 1. The van der Waals surface area contributed by atoms with E-state index in [0.29, 0.717) is 21.3 Å². The Bertz CT molecular complexity index is 1560. The van der Waals surface area contributed by atoms with Gasteiger partial charge >= 0.3 is 0 Å². The highest BCUT2D eigenvalue weighted by Gasteiger charge is 2.44. The maximum atomic E-state index is 14.1. The molecule has 0 radical (unpaired) electrons. The van der Waals surface area contributed by atoms with Gasteiger partial charge in [-0.2, -0.15) is 0 Å². The lowest BCUT2D eigenvalue weighted by Crippen LogP contribution is -2.31. The van der Waals surface area contributed by atoms with Crippen LogP contribution in [0.25, 0.3) is 10.6 Å². The molecular formula is C31H29N3O4S. The summed E-state index contributed by atoms with van der Waals surface area (Å²) >= 11 is 1.26. The molecule has 0 fully saturated rings. The van der Waals surface area contributed by atoms with Gasteiger partial charge in [-0.3, -0.25) is 9.59 Å². The summed E-state index contributed by atoms with van der Waals surface area (Å²) in [5.41, 5.74) is 3.98. The lowest BCUT2D eigenvalue weighted by atomic mass is 9.94. The summed E-state index contributed by atoms with van der Waals surface area (Å²) in [5, 5.41) is 11.9. The number of Topliss-reactive ketones (excluding diaryl/α,β-unsaturated/α-hetero) is 1. The number of ether oxygens (including phenoxy) is 1. The highest BCUT2D eigenvalue weighted by Crippen LogP contribution is 2.42. The number of amides is 1. The van der Waals surface area contributed by atoms with Crippen LogP contribution in [0.2, 0.25) is 0 Å². The van der Waals surface area contributed by atoms with Gasteiger partial charge in [0.25, 0.3) is 5.91 Å². The summed E-state index contributed by atoms with van der Waals surface area (Å²) in [6, 6.07) is 23.9. The SMILES string of the molecule is COc1ccccc1CN1C(=O)C(O)=C(C(=O)c2sc(-c3ccccc3)nc2C)C1c1ccc(N(C)C)cc1. The fraction of sp³-hybridized carbons (Fsp3) is 0.194. The fourth-order valence-electron chi connectivity index (χ4n) is 4.80. The second-order valence-corrected chi connectivity index (χ2v) is 10.5. The van der Waals surface area contributed by atoms with Gasteiger partial charge in [0.2, 0.25) is 5.78 Å². The number of aromatic nitrogens is 1. The number of methoxy groups -OCH3 is 1. The van der Waals surface area contributed by atoms with Crippen LogP contribution in [0.1, 0.15) is 32.5 Å². The van der Waals surface area contributed by atoms with Crippen LogP contribution in [-0.4, -0.2) is 47.9 Å². The van der Waals surface area contributed by atoms with Gasteiger partial charge in [0.15, 0.2) is 5.76 Å². The van der Waals surface area contributed by atoms with Gasteiger partial charge in [-0.15, -0.1) is 11.3 Å². The van der Waals surface area contributed by atoms with E-state index in [0.717, 1.165) is 22.4 Å². The van der Waals surface area contributed by atoms with Crippen LogP contribution in [0.4, 0.5) is 5.69 Å². The third-order valence-corrected chi connectivity index (χ3v) is 8.04. The van der Waals surface area contributed by atoms with E-state index in [1.807, 2.05) is 97.9 Å². The highest BCUT2D eigenvalue weighted by molar-refractivity contribution is 7.17. The molecule has 1 amide bonds. The predicted molar refractivity (Wildman–Crippen MR) is 153 cm³/mol. The number of carbonyl (C=O) groups is 2. The topological polar surface area (TPSA) is 83.0 Å². The quantitative estimate of drug-likeness (QED) is 0.278. The van der Waals surface area contributed by atoms with Crippen molar-refractivity contribution in [2.45, 2.75) is 19.5 Å². The molecule has 1 aliphatic heterocycles. The Balaban J connectivity index is 1.59. The van der Waals surface area contributed by atoms with Crippen molar-refractivity contribution in [2.75, 3.05) is 26.1 Å². The van der Waals surface area contributed by atoms with Crippen molar-refractivity contribution in [1.82, 2.24) is 9.88 Å². The average molecular weight is 540 g/mol. The minimum atomic E-state index is -0.784. The van der Waals surface area contributed by atoms with Crippen LogP contribution in [0.3, 0.4) is 0 Å². The number of thiazole rings is 1. The number of para-hydroxylation sites is 1. The van der Waals surface area contributed by atoms with Gasteiger partial charge in [0.1, 0.15) is 10.8 Å². The zero-order valence-corrected chi connectivity index (χ0v) is 23.0. The van der Waals surface area contributed by atoms with Gasteiger partial charge in [-0.25, -0.2) is 4.98 Å². The number of carbonyl (C=O) groups excluding carboxylic acids is 2. The maximum Gasteiger partial charge on any atom is 0.290 e. The van der Waals surface area contributed by atoms with Crippen LogP contribution >= 0.6 is 11.3 Å². The summed E-state index contributed by atoms with van der Waals surface area (Å²) in [4.78, 5) is 36.1. The van der Waals surface area contributed by atoms with Crippen LogP contribution < -0.4 is 9.64 Å². The number of rotatable bonds is 8. The molecule has 39 heavy (non-hydrogen) atoms. The standard InChI is InChI=1S/C31H29N3O4S/c1-19-29(39-30(32-19)21-10-6-5-7-11-21)27(35)25-26(20-14-16-23(17-15-20)33(2)3)34(31(37)28(25)36)18-22-12-8-9-13-24(22)38-4/h5-17,26,36H,18H2,1-4H3. The molecule has 3 aromatic carbocycles. The highest BCUT2D eigenvalue weighted by atomic mass is 32.1. The molecule has 5 rings (SSSR count). The fourth-order valence-corrected chi connectivity index (χ4v) is 5.83. The molecule has 1 atom stereocenters. The lowest BCUT2D eigenvalue weighted by Gasteiger charge is -2.28. The number of hydrogen-bond acceptors (Lipinski definition) is 7. The molecule has 0 bridgehead atoms. The van der Waals surface area contributed by atoms with E-state index < -0.39 is 23.5 Å². The lowest BCUT2D eigenvalue weighted by molar-refractivity contribution is -0.130. The molecule has 1 unspecified atom stereocenters. The van der Waals surface area contributed by atoms with E-state index in [1.165, 1.54) is 16.2 Å². The van der Waals surface area contributed by atoms with Crippen molar-refractivity contribution in [3.63, 3.8) is 0 Å². The predicted octanol–water partition coefficient (Wildman–Crippen LogP) is 5.97. The van der Waals surface area contributed by atoms with Crippen LogP contribution in [0.15, 0.2) is 90.2 Å². The summed E-state index contributed by atoms with van der Waals surface area (Å²) in [6.07, 6.45) is 0. The molecule has 0 saturated heterocycles. The molecule has 7 nitrogen and oxygen atoms in total. The Morgan fingerprint density at radius 1 is 1.03 bits per heavy atom. The Labute approximate surface area is 231 Å². The molecular weight excluding hydrogens is 510 g/mol.